The Hall–Kier alpha value is -0.370. The van der Waals surface area contributed by atoms with Gasteiger partial charge in [-0.2, -0.15) is 0 Å². The lowest BCUT2D eigenvalue weighted by Gasteiger charge is -2.35. The summed E-state index contributed by atoms with van der Waals surface area (Å²) in [5.74, 6) is 1.05. The van der Waals surface area contributed by atoms with Gasteiger partial charge in [0.2, 0.25) is 0 Å². The van der Waals surface area contributed by atoms with Crippen LogP contribution in [0.5, 0.6) is 0 Å². The maximum Gasteiger partial charge on any atom is 0.0623 e. The molecule has 0 aromatic heterocycles. The van der Waals surface area contributed by atoms with Gasteiger partial charge in [-0.1, -0.05) is 0 Å². The lowest BCUT2D eigenvalue weighted by Crippen LogP contribution is -2.37. The van der Waals surface area contributed by atoms with Crippen molar-refractivity contribution < 1.29 is 5.11 Å². The zero-order valence-corrected chi connectivity index (χ0v) is 8.75. The van der Waals surface area contributed by atoms with Crippen molar-refractivity contribution in [3.63, 3.8) is 0 Å². The Morgan fingerprint density at radius 2 is 2.08 bits per heavy atom. The maximum absolute atomic E-state index is 9.78. The second-order valence-corrected chi connectivity index (χ2v) is 5.20. The highest BCUT2D eigenvalue weighted by Crippen LogP contribution is 2.42. The van der Waals surface area contributed by atoms with Crippen LogP contribution in [0.4, 0.5) is 0 Å². The molecular weight excluding hydrogens is 162 g/mol. The molecule has 1 fully saturated rings. The Morgan fingerprint density at radius 1 is 1.38 bits per heavy atom. The molecule has 2 heteroatoms. The van der Waals surface area contributed by atoms with E-state index in [1.165, 1.54) is 12.1 Å². The average Bonchev–Trinajstić information content (AvgIpc) is 2.28. The largest absolute Gasteiger partial charge is 0.392 e. The molecule has 1 aliphatic heterocycles. The molecule has 1 aliphatic carbocycles. The summed E-state index contributed by atoms with van der Waals surface area (Å²) in [4.78, 5) is 4.66. The molecule has 1 N–H and O–H groups in total. The summed E-state index contributed by atoms with van der Waals surface area (Å²) in [6, 6.07) is 0. The summed E-state index contributed by atoms with van der Waals surface area (Å²) in [5, 5.41) is 9.78. The van der Waals surface area contributed by atoms with Gasteiger partial charge in [0.05, 0.1) is 11.6 Å². The highest BCUT2D eigenvalue weighted by molar-refractivity contribution is 5.86. The molecule has 0 bridgehead atoms. The van der Waals surface area contributed by atoms with Crippen molar-refractivity contribution in [2.24, 2.45) is 16.8 Å². The fraction of sp³-hybridized carbons (Fsp3) is 0.909. The molecule has 13 heavy (non-hydrogen) atoms. The van der Waals surface area contributed by atoms with E-state index in [0.717, 1.165) is 12.8 Å². The van der Waals surface area contributed by atoms with E-state index in [9.17, 15) is 5.11 Å². The van der Waals surface area contributed by atoms with Gasteiger partial charge in [-0.15, -0.1) is 0 Å². The van der Waals surface area contributed by atoms with Crippen molar-refractivity contribution in [1.82, 2.24) is 0 Å². The average molecular weight is 181 g/mol. The van der Waals surface area contributed by atoms with Crippen molar-refractivity contribution in [2.45, 2.75) is 51.7 Å². The Balaban J connectivity index is 2.28. The molecule has 1 saturated carbocycles. The Morgan fingerprint density at radius 3 is 2.77 bits per heavy atom. The minimum absolute atomic E-state index is 0.106. The SMILES string of the molecule is CC1=NC(C)(C)C[C@@H]2CC[C@@H](O)[C@H]12. The second-order valence-electron chi connectivity index (χ2n) is 5.20. The lowest BCUT2D eigenvalue weighted by atomic mass is 9.78. The summed E-state index contributed by atoms with van der Waals surface area (Å²) in [5.41, 5.74) is 1.28. The quantitative estimate of drug-likeness (QED) is 0.609. The number of aliphatic hydroxyl groups excluding tert-OH is 1. The van der Waals surface area contributed by atoms with E-state index >= 15 is 0 Å². The van der Waals surface area contributed by atoms with Crippen LogP contribution >= 0.6 is 0 Å². The molecule has 2 nitrogen and oxygen atoms in total. The van der Waals surface area contributed by atoms with Crippen molar-refractivity contribution in [2.75, 3.05) is 0 Å². The summed E-state index contributed by atoms with van der Waals surface area (Å²) in [6.45, 7) is 6.46. The molecule has 0 aromatic carbocycles. The van der Waals surface area contributed by atoms with E-state index in [0.29, 0.717) is 11.8 Å². The van der Waals surface area contributed by atoms with E-state index in [2.05, 4.69) is 25.8 Å². The van der Waals surface area contributed by atoms with E-state index < -0.39 is 0 Å². The molecular formula is C11H19NO. The molecule has 74 valence electrons. The Labute approximate surface area is 80.1 Å². The van der Waals surface area contributed by atoms with Crippen LogP contribution in [0.2, 0.25) is 0 Å². The van der Waals surface area contributed by atoms with Gasteiger partial charge in [-0.3, -0.25) is 4.99 Å². The van der Waals surface area contributed by atoms with Crippen LogP contribution in [0, 0.1) is 11.8 Å². The van der Waals surface area contributed by atoms with Crippen LogP contribution in [0.25, 0.3) is 0 Å². The predicted octanol–water partition coefficient (Wildman–Crippen LogP) is 2.02. The fourth-order valence-electron chi connectivity index (χ4n) is 3.15. The Bertz CT molecular complexity index is 244. The predicted molar refractivity (Wildman–Crippen MR) is 54.0 cm³/mol. The van der Waals surface area contributed by atoms with E-state index in [4.69, 9.17) is 0 Å². The first kappa shape index (κ1) is 9.20. The molecule has 0 aromatic rings. The van der Waals surface area contributed by atoms with Crippen LogP contribution in [0.1, 0.15) is 40.0 Å². The maximum atomic E-state index is 9.78. The monoisotopic (exact) mass is 181 g/mol. The summed E-state index contributed by atoms with van der Waals surface area (Å²) >= 11 is 0. The first-order valence-corrected chi connectivity index (χ1v) is 5.24. The molecule has 0 saturated heterocycles. The highest BCUT2D eigenvalue weighted by Gasteiger charge is 2.42. The molecule has 2 aliphatic rings. The molecule has 0 radical (unpaired) electrons. The van der Waals surface area contributed by atoms with Crippen LogP contribution in [-0.4, -0.2) is 22.5 Å². The number of aliphatic hydroxyl groups is 1. The van der Waals surface area contributed by atoms with Gasteiger partial charge < -0.3 is 5.11 Å². The summed E-state index contributed by atoms with van der Waals surface area (Å²) in [7, 11) is 0. The third kappa shape index (κ3) is 1.52. The van der Waals surface area contributed by atoms with Crippen LogP contribution < -0.4 is 0 Å². The van der Waals surface area contributed by atoms with Crippen molar-refractivity contribution >= 4 is 5.71 Å². The number of hydrogen-bond acceptors (Lipinski definition) is 2. The van der Waals surface area contributed by atoms with Gasteiger partial charge in [0, 0.05) is 11.6 Å². The number of hydrogen-bond donors (Lipinski definition) is 1. The number of fused-ring (bicyclic) bond motifs is 1. The third-order valence-corrected chi connectivity index (χ3v) is 3.48. The topological polar surface area (TPSA) is 32.6 Å². The van der Waals surface area contributed by atoms with Gasteiger partial charge >= 0.3 is 0 Å². The van der Waals surface area contributed by atoms with Crippen molar-refractivity contribution in [1.29, 1.82) is 0 Å². The molecule has 2 rings (SSSR count). The van der Waals surface area contributed by atoms with Gasteiger partial charge in [0.1, 0.15) is 0 Å². The van der Waals surface area contributed by atoms with Crippen LogP contribution in [-0.2, 0) is 0 Å². The van der Waals surface area contributed by atoms with Crippen molar-refractivity contribution in [3.05, 3.63) is 0 Å². The smallest absolute Gasteiger partial charge is 0.0623 e. The third-order valence-electron chi connectivity index (χ3n) is 3.48. The van der Waals surface area contributed by atoms with E-state index in [1.54, 1.807) is 0 Å². The molecule has 1 heterocycles. The Kier molecular flexibility index (Phi) is 1.99. The standard InChI is InChI=1S/C11H19NO/c1-7-10-8(4-5-9(10)13)6-11(2,3)12-7/h8-10,13H,4-6H2,1-3H3/t8-,9+,10+/m0/s1. The van der Waals surface area contributed by atoms with Gasteiger partial charge in [-0.25, -0.2) is 0 Å². The fourth-order valence-corrected chi connectivity index (χ4v) is 3.15. The zero-order chi connectivity index (χ0) is 9.64. The first-order chi connectivity index (χ1) is 5.99. The number of rotatable bonds is 0. The summed E-state index contributed by atoms with van der Waals surface area (Å²) in [6.07, 6.45) is 3.18. The zero-order valence-electron chi connectivity index (χ0n) is 8.75. The van der Waals surface area contributed by atoms with Gasteiger partial charge in [-0.05, 0) is 46.0 Å². The normalized spacial score (nSPS) is 42.8. The van der Waals surface area contributed by atoms with Crippen molar-refractivity contribution in [3.8, 4) is 0 Å². The molecule has 0 amide bonds. The minimum atomic E-state index is -0.121. The van der Waals surface area contributed by atoms with Crippen LogP contribution in [0.15, 0.2) is 4.99 Å². The lowest BCUT2D eigenvalue weighted by molar-refractivity contribution is 0.139. The molecule has 0 unspecified atom stereocenters. The molecule has 0 spiro atoms. The highest BCUT2D eigenvalue weighted by atomic mass is 16.3. The van der Waals surface area contributed by atoms with Crippen LogP contribution in [0.3, 0.4) is 0 Å². The molecule has 3 atom stereocenters. The first-order valence-electron chi connectivity index (χ1n) is 5.24. The van der Waals surface area contributed by atoms with Gasteiger partial charge in [0.25, 0.3) is 0 Å². The van der Waals surface area contributed by atoms with Gasteiger partial charge in [0.15, 0.2) is 0 Å². The van der Waals surface area contributed by atoms with E-state index in [1.807, 2.05) is 0 Å². The number of aliphatic imine (C=N–C) groups is 1. The van der Waals surface area contributed by atoms with E-state index in [-0.39, 0.29) is 11.6 Å². The second kappa shape index (κ2) is 2.81. The summed E-state index contributed by atoms with van der Waals surface area (Å²) < 4.78 is 0. The number of nitrogens with zero attached hydrogens (tertiary/aromatic N) is 1. The minimum Gasteiger partial charge on any atom is -0.392 e.